The predicted molar refractivity (Wildman–Crippen MR) is 203 cm³/mol. The minimum atomic E-state index is -0.316. The number of halogens is 1. The van der Waals surface area contributed by atoms with Crippen molar-refractivity contribution < 1.29 is 8.81 Å². The van der Waals surface area contributed by atoms with E-state index in [0.29, 0.717) is 17.5 Å². The topological polar surface area (TPSA) is 56.7 Å². The molecule has 0 radical (unpaired) electrons. The average molecular weight is 659 g/mol. The molecule has 10 rings (SSSR count). The van der Waals surface area contributed by atoms with Crippen molar-refractivity contribution in [1.82, 2.24) is 19.5 Å². The third-order valence-corrected chi connectivity index (χ3v) is 9.51. The standard InChI is InChI=1S/C45H27FN4O/c46-32-17-11-16-30(26-32)37-27-31(45-48-43(28-12-3-1-4-13-28)47-44(49-45)29-14-5-2-6-15-29)22-25-39(37)50-38-20-9-7-18-33(38)35-23-24-36-34-19-8-10-21-40(34)51-42(36)41(35)50/h1-27H. The first kappa shape index (κ1) is 29.0. The highest BCUT2D eigenvalue weighted by atomic mass is 19.1. The van der Waals surface area contributed by atoms with E-state index >= 15 is 4.39 Å². The number of fused-ring (bicyclic) bond motifs is 7. The summed E-state index contributed by atoms with van der Waals surface area (Å²) in [5, 5.41) is 4.27. The van der Waals surface area contributed by atoms with Gasteiger partial charge >= 0.3 is 0 Å². The molecule has 51 heavy (non-hydrogen) atoms. The van der Waals surface area contributed by atoms with Gasteiger partial charge in [0.05, 0.1) is 16.7 Å². The van der Waals surface area contributed by atoms with Crippen LogP contribution in [-0.4, -0.2) is 19.5 Å². The molecule has 0 amide bonds. The van der Waals surface area contributed by atoms with Gasteiger partial charge < -0.3 is 8.98 Å². The molecule has 0 unspecified atom stereocenters. The lowest BCUT2D eigenvalue weighted by Crippen LogP contribution is -2.02. The van der Waals surface area contributed by atoms with Crippen molar-refractivity contribution in [3.8, 4) is 51.0 Å². The van der Waals surface area contributed by atoms with E-state index in [1.807, 2.05) is 97.1 Å². The maximum atomic E-state index is 15.0. The lowest BCUT2D eigenvalue weighted by Gasteiger charge is -2.16. The van der Waals surface area contributed by atoms with E-state index < -0.39 is 0 Å². The Kier molecular flexibility index (Phi) is 6.61. The Hall–Kier alpha value is -6.92. The summed E-state index contributed by atoms with van der Waals surface area (Å²) < 4.78 is 23.9. The van der Waals surface area contributed by atoms with Crippen molar-refractivity contribution in [1.29, 1.82) is 0 Å². The molecule has 0 atom stereocenters. The molecule has 10 aromatic rings. The molecule has 0 aliphatic heterocycles. The number of hydrogen-bond acceptors (Lipinski definition) is 4. The number of rotatable bonds is 5. The van der Waals surface area contributed by atoms with Gasteiger partial charge in [0.25, 0.3) is 0 Å². The second-order valence-electron chi connectivity index (χ2n) is 12.6. The second-order valence-corrected chi connectivity index (χ2v) is 12.6. The van der Waals surface area contributed by atoms with Crippen LogP contribution in [0.25, 0.3) is 94.7 Å². The number of para-hydroxylation sites is 2. The van der Waals surface area contributed by atoms with Crippen LogP contribution < -0.4 is 0 Å². The molecular weight excluding hydrogens is 632 g/mol. The van der Waals surface area contributed by atoms with Gasteiger partial charge in [-0.3, -0.25) is 0 Å². The Morgan fingerprint density at radius 1 is 0.451 bits per heavy atom. The van der Waals surface area contributed by atoms with Gasteiger partial charge in [-0.25, -0.2) is 19.3 Å². The van der Waals surface area contributed by atoms with Crippen molar-refractivity contribution in [2.45, 2.75) is 0 Å². The van der Waals surface area contributed by atoms with Gasteiger partial charge in [0.2, 0.25) is 0 Å². The van der Waals surface area contributed by atoms with Crippen LogP contribution in [0.2, 0.25) is 0 Å². The summed E-state index contributed by atoms with van der Waals surface area (Å²) in [7, 11) is 0. The SMILES string of the molecule is Fc1cccc(-c2cc(-c3nc(-c4ccccc4)nc(-c4ccccc4)n3)ccc2-n2c3ccccc3c3ccc4c5ccccc5oc4c32)c1. The Labute approximate surface area is 291 Å². The van der Waals surface area contributed by atoms with Crippen LogP contribution >= 0.6 is 0 Å². The summed E-state index contributed by atoms with van der Waals surface area (Å²) in [5.41, 5.74) is 8.60. The summed E-state index contributed by atoms with van der Waals surface area (Å²) in [5.74, 6) is 1.36. The van der Waals surface area contributed by atoms with E-state index in [4.69, 9.17) is 19.4 Å². The molecule has 0 bridgehead atoms. The molecule has 0 aliphatic carbocycles. The fraction of sp³-hybridized carbons (Fsp3) is 0. The van der Waals surface area contributed by atoms with Crippen LogP contribution in [0.15, 0.2) is 168 Å². The molecule has 5 nitrogen and oxygen atoms in total. The van der Waals surface area contributed by atoms with Gasteiger partial charge in [-0.1, -0.05) is 115 Å². The molecular formula is C45H27FN4O. The number of hydrogen-bond donors (Lipinski definition) is 0. The first-order valence-corrected chi connectivity index (χ1v) is 16.8. The van der Waals surface area contributed by atoms with Crippen molar-refractivity contribution >= 4 is 43.7 Å². The fourth-order valence-electron chi connectivity index (χ4n) is 7.18. The normalized spacial score (nSPS) is 11.6. The van der Waals surface area contributed by atoms with Gasteiger partial charge in [-0.05, 0) is 54.1 Å². The highest BCUT2D eigenvalue weighted by molar-refractivity contribution is 6.21. The Balaban J connectivity index is 1.27. The highest BCUT2D eigenvalue weighted by Gasteiger charge is 2.22. The number of nitrogens with zero attached hydrogens (tertiary/aromatic N) is 4. The van der Waals surface area contributed by atoms with Gasteiger partial charge in [-0.2, -0.15) is 0 Å². The summed E-state index contributed by atoms with van der Waals surface area (Å²) in [6, 6.07) is 53.5. The van der Waals surface area contributed by atoms with Crippen LogP contribution in [0.1, 0.15) is 0 Å². The van der Waals surface area contributed by atoms with Crippen LogP contribution in [0, 0.1) is 5.82 Å². The zero-order valence-corrected chi connectivity index (χ0v) is 27.2. The Bertz CT molecular complexity index is 2870. The molecule has 240 valence electrons. The Morgan fingerprint density at radius 2 is 1.06 bits per heavy atom. The van der Waals surface area contributed by atoms with Crippen LogP contribution in [-0.2, 0) is 0 Å². The molecule has 3 aromatic heterocycles. The minimum absolute atomic E-state index is 0.316. The van der Waals surface area contributed by atoms with E-state index in [1.54, 1.807) is 12.1 Å². The van der Waals surface area contributed by atoms with Gasteiger partial charge in [0.1, 0.15) is 11.4 Å². The predicted octanol–water partition coefficient (Wildman–Crippen LogP) is 11.7. The van der Waals surface area contributed by atoms with Crippen molar-refractivity contribution in [2.75, 3.05) is 0 Å². The molecule has 3 heterocycles. The number of aromatic nitrogens is 4. The van der Waals surface area contributed by atoms with Crippen LogP contribution in [0.3, 0.4) is 0 Å². The molecule has 7 aromatic carbocycles. The highest BCUT2D eigenvalue weighted by Crippen LogP contribution is 2.42. The zero-order chi connectivity index (χ0) is 33.9. The number of benzene rings is 7. The smallest absolute Gasteiger partial charge is 0.164 e. The lowest BCUT2D eigenvalue weighted by atomic mass is 9.99. The van der Waals surface area contributed by atoms with E-state index in [1.165, 1.54) is 6.07 Å². The number of furan rings is 1. The summed E-state index contributed by atoms with van der Waals surface area (Å²) in [6.07, 6.45) is 0. The zero-order valence-electron chi connectivity index (χ0n) is 27.2. The first-order chi connectivity index (χ1) is 25.2. The van der Waals surface area contributed by atoms with E-state index in [-0.39, 0.29) is 5.82 Å². The summed E-state index contributed by atoms with van der Waals surface area (Å²) in [6.45, 7) is 0. The molecule has 0 N–H and O–H groups in total. The maximum absolute atomic E-state index is 15.0. The first-order valence-electron chi connectivity index (χ1n) is 16.8. The summed E-state index contributed by atoms with van der Waals surface area (Å²) in [4.78, 5) is 14.9. The van der Waals surface area contributed by atoms with Gasteiger partial charge in [-0.15, -0.1) is 0 Å². The van der Waals surface area contributed by atoms with E-state index in [9.17, 15) is 0 Å². The van der Waals surface area contributed by atoms with Crippen LogP contribution in [0.4, 0.5) is 4.39 Å². The minimum Gasteiger partial charge on any atom is -0.454 e. The lowest BCUT2D eigenvalue weighted by molar-refractivity contribution is 0.628. The molecule has 6 heteroatoms. The third-order valence-electron chi connectivity index (χ3n) is 9.51. The van der Waals surface area contributed by atoms with Crippen LogP contribution in [0.5, 0.6) is 0 Å². The van der Waals surface area contributed by atoms with Crippen molar-refractivity contribution in [3.63, 3.8) is 0 Å². The molecule has 0 saturated heterocycles. The summed E-state index contributed by atoms with van der Waals surface area (Å²) >= 11 is 0. The van der Waals surface area contributed by atoms with Crippen molar-refractivity contribution in [3.05, 3.63) is 170 Å². The second kappa shape index (κ2) is 11.6. The molecule has 0 fully saturated rings. The van der Waals surface area contributed by atoms with Crippen molar-refractivity contribution in [2.24, 2.45) is 0 Å². The molecule has 0 spiro atoms. The van der Waals surface area contributed by atoms with Gasteiger partial charge in [0.15, 0.2) is 23.1 Å². The largest absolute Gasteiger partial charge is 0.454 e. The van der Waals surface area contributed by atoms with Gasteiger partial charge in [0, 0.05) is 43.8 Å². The third kappa shape index (κ3) is 4.80. The fourth-order valence-corrected chi connectivity index (χ4v) is 7.18. The van der Waals surface area contributed by atoms with E-state index in [0.717, 1.165) is 77.2 Å². The maximum Gasteiger partial charge on any atom is 0.164 e. The monoisotopic (exact) mass is 658 g/mol. The van der Waals surface area contributed by atoms with E-state index in [2.05, 4.69) is 53.1 Å². The average Bonchev–Trinajstić information content (AvgIpc) is 3.74. The molecule has 0 aliphatic rings. The Morgan fingerprint density at radius 3 is 1.78 bits per heavy atom. The quantitative estimate of drug-likeness (QED) is 0.185. The molecule has 0 saturated carbocycles.